The molecule has 0 atom stereocenters. The maximum atomic E-state index is 12.9. The lowest BCUT2D eigenvalue weighted by atomic mass is 10.1. The number of amides is 1. The van der Waals surface area contributed by atoms with E-state index in [9.17, 15) is 18.0 Å². The lowest BCUT2D eigenvalue weighted by Gasteiger charge is -2.09. The van der Waals surface area contributed by atoms with Gasteiger partial charge in [0.2, 0.25) is 5.91 Å². The summed E-state index contributed by atoms with van der Waals surface area (Å²) in [4.78, 5) is 12.0. The highest BCUT2D eigenvalue weighted by Crippen LogP contribution is 2.42. The van der Waals surface area contributed by atoms with E-state index in [-0.39, 0.29) is 24.9 Å². The van der Waals surface area contributed by atoms with E-state index in [0.717, 1.165) is 30.2 Å². The zero-order valence-corrected chi connectivity index (χ0v) is 15.1. The fourth-order valence-corrected chi connectivity index (χ4v) is 2.90. The van der Waals surface area contributed by atoms with Crippen LogP contribution in [-0.2, 0) is 23.9 Å². The Balaban J connectivity index is 1.47. The number of nitrogens with one attached hydrogen (secondary N) is 1. The van der Waals surface area contributed by atoms with Crippen molar-refractivity contribution >= 4 is 5.91 Å². The molecule has 146 valence electrons. The highest BCUT2D eigenvalue weighted by molar-refractivity contribution is 5.76. The van der Waals surface area contributed by atoms with Crippen LogP contribution in [0, 0.1) is 0 Å². The zero-order valence-electron chi connectivity index (χ0n) is 15.1. The molecule has 1 N–H and O–H groups in total. The number of rotatable bonds is 8. The summed E-state index contributed by atoms with van der Waals surface area (Å²) in [6.07, 6.45) is -1.78. The third-order valence-corrected chi connectivity index (χ3v) is 4.54. The van der Waals surface area contributed by atoms with Gasteiger partial charge in [0.1, 0.15) is 5.75 Å². The molecule has 0 spiro atoms. The first-order valence-corrected chi connectivity index (χ1v) is 8.91. The molecule has 1 amide bonds. The number of hydrogen-bond acceptors (Lipinski definition) is 3. The highest BCUT2D eigenvalue weighted by atomic mass is 19.4. The Morgan fingerprint density at radius 1 is 1.30 bits per heavy atom. The first-order chi connectivity index (χ1) is 12.9. The maximum Gasteiger partial charge on any atom is 0.435 e. The number of halogens is 3. The molecule has 1 aromatic heterocycles. The molecule has 0 radical (unpaired) electrons. The second-order valence-corrected chi connectivity index (χ2v) is 6.65. The third kappa shape index (κ3) is 5.24. The van der Waals surface area contributed by atoms with Crippen molar-refractivity contribution in [2.75, 3.05) is 13.7 Å². The first kappa shape index (κ1) is 19.3. The summed E-state index contributed by atoms with van der Waals surface area (Å²) in [5.41, 5.74) is 0.758. The molecule has 1 saturated carbocycles. The molecular formula is C19H22F3N3O2. The second kappa shape index (κ2) is 8.02. The Labute approximate surface area is 155 Å². The summed E-state index contributed by atoms with van der Waals surface area (Å²) < 4.78 is 45.1. The molecular weight excluding hydrogens is 359 g/mol. The fourth-order valence-electron chi connectivity index (χ4n) is 2.90. The van der Waals surface area contributed by atoms with Crippen molar-refractivity contribution < 1.29 is 22.7 Å². The number of aryl methyl sites for hydroxylation is 1. The lowest BCUT2D eigenvalue weighted by molar-refractivity contribution is -0.141. The van der Waals surface area contributed by atoms with E-state index in [1.165, 1.54) is 4.68 Å². The quantitative estimate of drug-likeness (QED) is 0.761. The Kier molecular flexibility index (Phi) is 5.72. The van der Waals surface area contributed by atoms with E-state index in [1.807, 2.05) is 24.3 Å². The van der Waals surface area contributed by atoms with E-state index in [2.05, 4.69) is 10.4 Å². The molecule has 8 heteroatoms. The molecule has 1 fully saturated rings. The second-order valence-electron chi connectivity index (χ2n) is 6.65. The van der Waals surface area contributed by atoms with Gasteiger partial charge >= 0.3 is 6.18 Å². The number of carbonyl (C=O) groups excluding carboxylic acids is 1. The van der Waals surface area contributed by atoms with Crippen molar-refractivity contribution in [3.8, 4) is 5.75 Å². The first-order valence-electron chi connectivity index (χ1n) is 8.91. The van der Waals surface area contributed by atoms with Crippen molar-refractivity contribution in [1.82, 2.24) is 15.1 Å². The largest absolute Gasteiger partial charge is 0.497 e. The summed E-state index contributed by atoms with van der Waals surface area (Å²) in [6.45, 7) is 0.482. The van der Waals surface area contributed by atoms with Crippen LogP contribution in [-0.4, -0.2) is 29.3 Å². The summed E-state index contributed by atoms with van der Waals surface area (Å²) in [6, 6.07) is 8.60. The van der Waals surface area contributed by atoms with Gasteiger partial charge in [0.25, 0.3) is 0 Å². The van der Waals surface area contributed by atoms with Gasteiger partial charge in [-0.25, -0.2) is 0 Å². The Bertz CT molecular complexity index is 780. The molecule has 0 bridgehead atoms. The molecule has 27 heavy (non-hydrogen) atoms. The van der Waals surface area contributed by atoms with Crippen LogP contribution in [0.5, 0.6) is 5.75 Å². The average molecular weight is 381 g/mol. The van der Waals surface area contributed by atoms with Gasteiger partial charge in [-0.15, -0.1) is 0 Å². The SMILES string of the molecule is COc1ccc(CCC(=O)NCCn2nc(C(F)(F)F)cc2C2CC2)cc1. The highest BCUT2D eigenvalue weighted by Gasteiger charge is 2.37. The zero-order chi connectivity index (χ0) is 19.4. The van der Waals surface area contributed by atoms with Crippen LogP contribution in [0.3, 0.4) is 0 Å². The number of alkyl halides is 3. The number of aromatic nitrogens is 2. The van der Waals surface area contributed by atoms with Crippen molar-refractivity contribution in [3.05, 3.63) is 47.3 Å². The third-order valence-electron chi connectivity index (χ3n) is 4.54. The summed E-state index contributed by atoms with van der Waals surface area (Å²) >= 11 is 0. The van der Waals surface area contributed by atoms with Crippen LogP contribution in [0.1, 0.15) is 42.1 Å². The smallest absolute Gasteiger partial charge is 0.435 e. The van der Waals surface area contributed by atoms with Gasteiger partial charge in [0, 0.05) is 24.6 Å². The van der Waals surface area contributed by atoms with Gasteiger partial charge in [-0.2, -0.15) is 18.3 Å². The van der Waals surface area contributed by atoms with Crippen molar-refractivity contribution in [3.63, 3.8) is 0 Å². The summed E-state index contributed by atoms with van der Waals surface area (Å²) in [7, 11) is 1.59. The monoisotopic (exact) mass is 381 g/mol. The van der Waals surface area contributed by atoms with Crippen LogP contribution in [0.4, 0.5) is 13.2 Å². The minimum atomic E-state index is -4.45. The van der Waals surface area contributed by atoms with Gasteiger partial charge in [-0.3, -0.25) is 9.48 Å². The molecule has 2 aromatic rings. The van der Waals surface area contributed by atoms with Crippen molar-refractivity contribution in [1.29, 1.82) is 0 Å². The van der Waals surface area contributed by atoms with Crippen LogP contribution in [0.25, 0.3) is 0 Å². The molecule has 1 aromatic carbocycles. The molecule has 5 nitrogen and oxygen atoms in total. The van der Waals surface area contributed by atoms with E-state index in [4.69, 9.17) is 4.74 Å². The molecule has 0 aliphatic heterocycles. The Morgan fingerprint density at radius 3 is 2.59 bits per heavy atom. The predicted molar refractivity (Wildman–Crippen MR) is 93.5 cm³/mol. The lowest BCUT2D eigenvalue weighted by Crippen LogP contribution is -2.28. The number of carbonyl (C=O) groups is 1. The normalized spacial score (nSPS) is 14.2. The van der Waals surface area contributed by atoms with E-state index >= 15 is 0 Å². The molecule has 1 aliphatic rings. The standard InChI is InChI=1S/C19H22F3N3O2/c1-27-15-7-2-13(3-8-15)4-9-18(26)23-10-11-25-16(14-5-6-14)12-17(24-25)19(20,21)22/h2-3,7-8,12,14H,4-6,9-11H2,1H3,(H,23,26). The van der Waals surface area contributed by atoms with Gasteiger partial charge in [0.05, 0.1) is 13.7 Å². The fraction of sp³-hybridized carbons (Fsp3) is 0.474. The van der Waals surface area contributed by atoms with Crippen molar-refractivity contribution in [2.45, 2.75) is 44.3 Å². The van der Waals surface area contributed by atoms with Gasteiger partial charge in [-0.05, 0) is 43.0 Å². The van der Waals surface area contributed by atoms with Crippen LogP contribution in [0.2, 0.25) is 0 Å². The van der Waals surface area contributed by atoms with Crippen LogP contribution in [0.15, 0.2) is 30.3 Å². The Morgan fingerprint density at radius 2 is 2.00 bits per heavy atom. The average Bonchev–Trinajstić information content (AvgIpc) is 3.39. The van der Waals surface area contributed by atoms with Gasteiger partial charge in [0.15, 0.2) is 5.69 Å². The number of nitrogens with zero attached hydrogens (tertiary/aromatic N) is 2. The Hall–Kier alpha value is -2.51. The number of ether oxygens (including phenoxy) is 1. The molecule has 0 saturated heterocycles. The van der Waals surface area contributed by atoms with Gasteiger partial charge in [-0.1, -0.05) is 12.1 Å². The van der Waals surface area contributed by atoms with E-state index < -0.39 is 11.9 Å². The number of methoxy groups -OCH3 is 1. The molecule has 1 heterocycles. The predicted octanol–water partition coefficient (Wildman–Crippen LogP) is 3.54. The molecule has 0 unspecified atom stereocenters. The van der Waals surface area contributed by atoms with Gasteiger partial charge < -0.3 is 10.1 Å². The van der Waals surface area contributed by atoms with E-state index in [0.29, 0.717) is 18.5 Å². The van der Waals surface area contributed by atoms with Crippen LogP contribution < -0.4 is 10.1 Å². The molecule has 1 aliphatic carbocycles. The molecule has 3 rings (SSSR count). The number of hydrogen-bond donors (Lipinski definition) is 1. The minimum absolute atomic E-state index is 0.137. The van der Waals surface area contributed by atoms with Crippen LogP contribution >= 0.6 is 0 Å². The summed E-state index contributed by atoms with van der Waals surface area (Å²) in [5, 5.41) is 6.43. The van der Waals surface area contributed by atoms with Crippen molar-refractivity contribution in [2.24, 2.45) is 0 Å². The summed E-state index contributed by atoms with van der Waals surface area (Å²) in [5.74, 6) is 0.772. The topological polar surface area (TPSA) is 56.1 Å². The van der Waals surface area contributed by atoms with E-state index in [1.54, 1.807) is 7.11 Å². The maximum absolute atomic E-state index is 12.9. The minimum Gasteiger partial charge on any atom is -0.497 e. The number of benzene rings is 1.